The first-order chi connectivity index (χ1) is 8.15. The second-order valence-electron chi connectivity index (χ2n) is 4.12. The fourth-order valence-electron chi connectivity index (χ4n) is 1.87. The van der Waals surface area contributed by atoms with Gasteiger partial charge in [-0.15, -0.1) is 11.3 Å². The number of rotatable bonds is 3. The molecule has 3 nitrogen and oxygen atoms in total. The fourth-order valence-corrected chi connectivity index (χ4v) is 2.67. The summed E-state index contributed by atoms with van der Waals surface area (Å²) in [5, 5.41) is 0. The van der Waals surface area contributed by atoms with Gasteiger partial charge in [0.15, 0.2) is 5.78 Å². The molecule has 96 valence electrons. The quantitative estimate of drug-likeness (QED) is 0.842. The van der Waals surface area contributed by atoms with E-state index in [4.69, 9.17) is 5.73 Å². The molecular formula is C13H22N2OS. The molecule has 0 bridgehead atoms. The molecule has 0 aromatic carbocycles. The van der Waals surface area contributed by atoms with Crippen LogP contribution in [-0.2, 0) is 0 Å². The molecule has 0 saturated carbocycles. The predicted molar refractivity (Wildman–Crippen MR) is 73.8 cm³/mol. The average molecular weight is 254 g/mol. The molecule has 0 radical (unpaired) electrons. The largest absolute Gasteiger partial charge is 0.326 e. The molecule has 1 atom stereocenters. The summed E-state index contributed by atoms with van der Waals surface area (Å²) in [5.41, 5.74) is 5.79. The molecule has 17 heavy (non-hydrogen) atoms. The number of Topliss-reactive ketones (excluding diaryl/α,β-unsaturated/α-hetero) is 1. The van der Waals surface area contributed by atoms with Crippen molar-refractivity contribution in [3.05, 3.63) is 21.9 Å². The van der Waals surface area contributed by atoms with E-state index in [0.29, 0.717) is 6.54 Å². The van der Waals surface area contributed by atoms with Gasteiger partial charge in [-0.25, -0.2) is 0 Å². The highest BCUT2D eigenvalue weighted by Crippen LogP contribution is 2.17. The van der Waals surface area contributed by atoms with Crippen molar-refractivity contribution in [1.29, 1.82) is 0 Å². The number of hydrogen-bond acceptors (Lipinski definition) is 4. The Morgan fingerprint density at radius 3 is 2.71 bits per heavy atom. The van der Waals surface area contributed by atoms with Crippen LogP contribution >= 0.6 is 11.3 Å². The highest BCUT2D eigenvalue weighted by molar-refractivity contribution is 7.14. The smallest absolute Gasteiger partial charge is 0.186 e. The highest BCUT2D eigenvalue weighted by atomic mass is 32.1. The van der Waals surface area contributed by atoms with Gasteiger partial charge in [0.1, 0.15) is 0 Å². The van der Waals surface area contributed by atoms with E-state index in [1.807, 2.05) is 32.9 Å². The van der Waals surface area contributed by atoms with Crippen LogP contribution in [0.3, 0.4) is 0 Å². The number of thiophene rings is 1. The molecule has 4 heteroatoms. The van der Waals surface area contributed by atoms with Crippen LogP contribution in [0, 0.1) is 6.92 Å². The topological polar surface area (TPSA) is 46.3 Å². The maximum absolute atomic E-state index is 11.8. The number of ketones is 1. The van der Waals surface area contributed by atoms with Crippen LogP contribution in [0.5, 0.6) is 0 Å². The van der Waals surface area contributed by atoms with Crippen molar-refractivity contribution in [3.63, 3.8) is 0 Å². The molecule has 1 aliphatic rings. The standard InChI is InChI=1S/C11H16N2OS.C2H6/c1-8-2-3-11(15-8)10(14)7-13-5-4-9(12)6-13;1-2/h2-3,9H,4-7,12H2,1H3;1-2H3. The van der Waals surface area contributed by atoms with Gasteiger partial charge in [-0.1, -0.05) is 13.8 Å². The third-order valence-electron chi connectivity index (χ3n) is 2.69. The van der Waals surface area contributed by atoms with E-state index in [-0.39, 0.29) is 11.8 Å². The minimum Gasteiger partial charge on any atom is -0.326 e. The molecule has 1 fully saturated rings. The number of nitrogens with zero attached hydrogens (tertiary/aromatic N) is 1. The van der Waals surface area contributed by atoms with Crippen molar-refractivity contribution in [3.8, 4) is 0 Å². The molecule has 0 amide bonds. The van der Waals surface area contributed by atoms with Crippen molar-refractivity contribution >= 4 is 17.1 Å². The summed E-state index contributed by atoms with van der Waals surface area (Å²) < 4.78 is 0. The molecule has 1 aliphatic heterocycles. The number of carbonyl (C=O) groups excluding carboxylic acids is 1. The monoisotopic (exact) mass is 254 g/mol. The lowest BCUT2D eigenvalue weighted by atomic mass is 10.3. The van der Waals surface area contributed by atoms with Crippen LogP contribution in [0.2, 0.25) is 0 Å². The van der Waals surface area contributed by atoms with Crippen LogP contribution in [0.1, 0.15) is 34.8 Å². The van der Waals surface area contributed by atoms with Crippen molar-refractivity contribution < 1.29 is 4.79 Å². The Morgan fingerprint density at radius 1 is 1.53 bits per heavy atom. The summed E-state index contributed by atoms with van der Waals surface area (Å²) in [6.07, 6.45) is 1.01. The molecule has 0 aliphatic carbocycles. The van der Waals surface area contributed by atoms with E-state index >= 15 is 0 Å². The van der Waals surface area contributed by atoms with Gasteiger partial charge in [-0.3, -0.25) is 9.69 Å². The first kappa shape index (κ1) is 14.4. The normalized spacial score (nSPS) is 19.9. The minimum atomic E-state index is 0.224. The molecule has 1 unspecified atom stereocenters. The molecular weight excluding hydrogens is 232 g/mol. The third-order valence-corrected chi connectivity index (χ3v) is 3.73. The fraction of sp³-hybridized carbons (Fsp3) is 0.615. The second-order valence-corrected chi connectivity index (χ2v) is 5.41. The molecule has 1 aromatic heterocycles. The van der Waals surface area contributed by atoms with Gasteiger partial charge in [0, 0.05) is 24.0 Å². The number of carbonyl (C=O) groups is 1. The molecule has 1 saturated heterocycles. The van der Waals surface area contributed by atoms with Gasteiger partial charge in [0.2, 0.25) is 0 Å². The van der Waals surface area contributed by atoms with E-state index < -0.39 is 0 Å². The lowest BCUT2D eigenvalue weighted by Gasteiger charge is -2.12. The zero-order valence-electron chi connectivity index (χ0n) is 10.9. The maximum Gasteiger partial charge on any atom is 0.186 e. The van der Waals surface area contributed by atoms with Crippen LogP contribution in [-0.4, -0.2) is 36.4 Å². The van der Waals surface area contributed by atoms with Crippen LogP contribution in [0.25, 0.3) is 0 Å². The number of aryl methyl sites for hydroxylation is 1. The summed E-state index contributed by atoms with van der Waals surface area (Å²) in [6, 6.07) is 4.16. The van der Waals surface area contributed by atoms with Crippen molar-refractivity contribution in [2.75, 3.05) is 19.6 Å². The number of likely N-dealkylation sites (tertiary alicyclic amines) is 1. The van der Waals surface area contributed by atoms with E-state index in [0.717, 1.165) is 24.4 Å². The van der Waals surface area contributed by atoms with E-state index in [2.05, 4.69) is 4.90 Å². The Labute approximate surface area is 108 Å². The first-order valence-electron chi connectivity index (χ1n) is 6.23. The Balaban J connectivity index is 0.000000686. The maximum atomic E-state index is 11.8. The van der Waals surface area contributed by atoms with Gasteiger partial charge in [0.25, 0.3) is 0 Å². The zero-order valence-corrected chi connectivity index (χ0v) is 11.7. The van der Waals surface area contributed by atoms with E-state index in [1.54, 1.807) is 11.3 Å². The van der Waals surface area contributed by atoms with Gasteiger partial charge in [-0.2, -0.15) is 0 Å². The summed E-state index contributed by atoms with van der Waals surface area (Å²) in [6.45, 7) is 8.36. The Kier molecular flexibility index (Phi) is 5.82. The lowest BCUT2D eigenvalue weighted by Crippen LogP contribution is -2.30. The van der Waals surface area contributed by atoms with Gasteiger partial charge < -0.3 is 5.73 Å². The third kappa shape index (κ3) is 4.22. The van der Waals surface area contributed by atoms with Crippen molar-refractivity contribution in [2.24, 2.45) is 5.73 Å². The van der Waals surface area contributed by atoms with Crippen LogP contribution in [0.4, 0.5) is 0 Å². The van der Waals surface area contributed by atoms with Gasteiger partial charge >= 0.3 is 0 Å². The van der Waals surface area contributed by atoms with E-state index in [1.165, 1.54) is 4.88 Å². The Hall–Kier alpha value is -0.710. The molecule has 0 spiro atoms. The molecule has 2 heterocycles. The Morgan fingerprint density at radius 2 is 2.24 bits per heavy atom. The second kappa shape index (κ2) is 6.89. The predicted octanol–water partition coefficient (Wildman–Crippen LogP) is 2.30. The lowest BCUT2D eigenvalue weighted by molar-refractivity contribution is 0.0949. The number of hydrogen-bond donors (Lipinski definition) is 1. The summed E-state index contributed by atoms with van der Waals surface area (Å²) in [7, 11) is 0. The van der Waals surface area contributed by atoms with Gasteiger partial charge in [-0.05, 0) is 25.5 Å². The summed E-state index contributed by atoms with van der Waals surface area (Å²) >= 11 is 1.57. The van der Waals surface area contributed by atoms with Crippen LogP contribution < -0.4 is 5.73 Å². The minimum absolute atomic E-state index is 0.224. The Bertz CT molecular complexity index is 362. The highest BCUT2D eigenvalue weighted by Gasteiger charge is 2.21. The first-order valence-corrected chi connectivity index (χ1v) is 7.04. The molecule has 1 aromatic rings. The van der Waals surface area contributed by atoms with Crippen LogP contribution in [0.15, 0.2) is 12.1 Å². The van der Waals surface area contributed by atoms with Crippen molar-refractivity contribution in [1.82, 2.24) is 4.90 Å². The number of nitrogens with two attached hydrogens (primary N) is 1. The molecule has 2 rings (SSSR count). The van der Waals surface area contributed by atoms with E-state index in [9.17, 15) is 4.79 Å². The van der Waals surface area contributed by atoms with Crippen molar-refractivity contribution in [2.45, 2.75) is 33.2 Å². The summed E-state index contributed by atoms with van der Waals surface area (Å²) in [4.78, 5) is 16.0. The van der Waals surface area contributed by atoms with Gasteiger partial charge in [0.05, 0.1) is 11.4 Å². The molecule has 2 N–H and O–H groups in total. The average Bonchev–Trinajstić information content (AvgIpc) is 2.91. The zero-order chi connectivity index (χ0) is 12.8. The SMILES string of the molecule is CC.Cc1ccc(C(=O)CN2CCC(N)C2)s1. The summed E-state index contributed by atoms with van der Waals surface area (Å²) in [5.74, 6) is 0.224.